The molecule has 0 bridgehead atoms. The molecular formula is C21H24N6O2. The number of nitrogens with one attached hydrogen (secondary N) is 2. The van der Waals surface area contributed by atoms with Gasteiger partial charge in [0.15, 0.2) is 11.5 Å². The lowest BCUT2D eigenvalue weighted by molar-refractivity contribution is -0.116. The number of nitrogen functional groups attached to an aromatic ring is 1. The lowest BCUT2D eigenvalue weighted by Crippen LogP contribution is -2.21. The van der Waals surface area contributed by atoms with Gasteiger partial charge >= 0.3 is 0 Å². The fourth-order valence-electron chi connectivity index (χ4n) is 2.89. The predicted molar refractivity (Wildman–Crippen MR) is 113 cm³/mol. The molecular weight excluding hydrogens is 368 g/mol. The highest BCUT2D eigenvalue weighted by atomic mass is 16.2. The number of anilines is 3. The number of carbonyl (C=O) groups excluding carboxylic acids is 2. The number of hydrogen-bond donors (Lipinski definition) is 3. The summed E-state index contributed by atoms with van der Waals surface area (Å²) in [5, 5.41) is 13.3. The van der Waals surface area contributed by atoms with Crippen LogP contribution in [0.15, 0.2) is 48.5 Å². The van der Waals surface area contributed by atoms with Crippen LogP contribution in [0.4, 0.5) is 17.2 Å². The van der Waals surface area contributed by atoms with E-state index >= 15 is 0 Å². The summed E-state index contributed by atoms with van der Waals surface area (Å²) in [5.74, 6) is -0.743. The average molecular weight is 392 g/mol. The summed E-state index contributed by atoms with van der Waals surface area (Å²) in [6, 6.07) is 15.1. The number of aryl methyl sites for hydroxylation is 2. The van der Waals surface area contributed by atoms with Crippen molar-refractivity contribution in [2.24, 2.45) is 0 Å². The van der Waals surface area contributed by atoms with Gasteiger partial charge in [-0.25, -0.2) is 4.68 Å². The van der Waals surface area contributed by atoms with Crippen LogP contribution in [-0.4, -0.2) is 26.8 Å². The normalized spacial score (nSPS) is 10.6. The van der Waals surface area contributed by atoms with Crippen molar-refractivity contribution in [3.63, 3.8) is 0 Å². The van der Waals surface area contributed by atoms with Gasteiger partial charge in [-0.1, -0.05) is 49.4 Å². The van der Waals surface area contributed by atoms with Crippen LogP contribution in [0, 0.1) is 0 Å². The molecule has 0 aliphatic carbocycles. The van der Waals surface area contributed by atoms with E-state index in [0.29, 0.717) is 11.4 Å². The van der Waals surface area contributed by atoms with Gasteiger partial charge in [0, 0.05) is 11.4 Å². The summed E-state index contributed by atoms with van der Waals surface area (Å²) in [4.78, 5) is 24.8. The highest BCUT2D eigenvalue weighted by Gasteiger charge is 2.19. The molecule has 0 unspecified atom stereocenters. The number of nitrogens with zero attached hydrogens (tertiary/aromatic N) is 3. The van der Waals surface area contributed by atoms with Gasteiger partial charge in [0.2, 0.25) is 5.91 Å². The third-order valence-electron chi connectivity index (χ3n) is 4.57. The first kappa shape index (κ1) is 20.1. The first-order valence-electron chi connectivity index (χ1n) is 9.48. The second-order valence-corrected chi connectivity index (χ2v) is 6.54. The van der Waals surface area contributed by atoms with Gasteiger partial charge in [0.1, 0.15) is 6.54 Å². The van der Waals surface area contributed by atoms with E-state index in [9.17, 15) is 9.59 Å². The van der Waals surface area contributed by atoms with Crippen molar-refractivity contribution in [1.82, 2.24) is 15.0 Å². The topological polar surface area (TPSA) is 115 Å². The smallest absolute Gasteiger partial charge is 0.280 e. The number of aromatic nitrogens is 3. The molecule has 8 heteroatoms. The third-order valence-corrected chi connectivity index (χ3v) is 4.57. The Morgan fingerprint density at radius 3 is 2.41 bits per heavy atom. The van der Waals surface area contributed by atoms with Crippen molar-refractivity contribution in [2.45, 2.75) is 33.2 Å². The van der Waals surface area contributed by atoms with E-state index in [1.807, 2.05) is 55.5 Å². The van der Waals surface area contributed by atoms with E-state index in [0.717, 1.165) is 18.4 Å². The van der Waals surface area contributed by atoms with Crippen molar-refractivity contribution in [3.05, 3.63) is 65.4 Å². The van der Waals surface area contributed by atoms with Gasteiger partial charge in [-0.3, -0.25) is 9.59 Å². The number of benzene rings is 2. The molecule has 0 fully saturated rings. The zero-order valence-corrected chi connectivity index (χ0v) is 16.5. The van der Waals surface area contributed by atoms with Crippen LogP contribution >= 0.6 is 0 Å². The highest BCUT2D eigenvalue weighted by molar-refractivity contribution is 6.06. The van der Waals surface area contributed by atoms with Gasteiger partial charge < -0.3 is 16.4 Å². The summed E-state index contributed by atoms with van der Waals surface area (Å²) in [6.07, 6.45) is 1.70. The van der Waals surface area contributed by atoms with E-state index in [4.69, 9.17) is 5.73 Å². The molecule has 3 rings (SSSR count). The van der Waals surface area contributed by atoms with Crippen molar-refractivity contribution >= 4 is 29.0 Å². The van der Waals surface area contributed by atoms with E-state index in [1.54, 1.807) is 0 Å². The van der Waals surface area contributed by atoms with Crippen molar-refractivity contribution in [2.75, 3.05) is 16.4 Å². The average Bonchev–Trinajstić information content (AvgIpc) is 3.09. The largest absolute Gasteiger partial charge is 0.382 e. The molecule has 0 aliphatic heterocycles. The molecule has 0 saturated heterocycles. The summed E-state index contributed by atoms with van der Waals surface area (Å²) in [7, 11) is 0. The van der Waals surface area contributed by atoms with Crippen molar-refractivity contribution in [3.8, 4) is 0 Å². The van der Waals surface area contributed by atoms with Crippen LogP contribution in [0.3, 0.4) is 0 Å². The molecule has 2 amide bonds. The molecule has 29 heavy (non-hydrogen) atoms. The Balaban J connectivity index is 1.66. The van der Waals surface area contributed by atoms with Crippen molar-refractivity contribution < 1.29 is 9.59 Å². The molecule has 0 aliphatic rings. The lowest BCUT2D eigenvalue weighted by atomic mass is 10.1. The summed E-state index contributed by atoms with van der Waals surface area (Å²) >= 11 is 0. The standard InChI is InChI=1S/C21H24N6O2/c1-3-14-9-11-16(12-10-14)23-18(28)13-27-20(22)19(25-26-27)21(29)24-17-8-6-5-7-15(17)4-2/h5-12H,3-4,13,22H2,1-2H3,(H,23,28)(H,24,29). The van der Waals surface area contributed by atoms with E-state index in [-0.39, 0.29) is 24.0 Å². The Bertz CT molecular complexity index is 1010. The van der Waals surface area contributed by atoms with Gasteiger partial charge in [-0.05, 0) is 42.2 Å². The molecule has 0 radical (unpaired) electrons. The van der Waals surface area contributed by atoms with E-state index < -0.39 is 5.91 Å². The lowest BCUT2D eigenvalue weighted by Gasteiger charge is -2.09. The van der Waals surface area contributed by atoms with Crippen LogP contribution in [0.2, 0.25) is 0 Å². The van der Waals surface area contributed by atoms with Crippen LogP contribution in [0.1, 0.15) is 35.5 Å². The van der Waals surface area contributed by atoms with E-state index in [2.05, 4.69) is 27.9 Å². The molecule has 0 spiro atoms. The molecule has 4 N–H and O–H groups in total. The highest BCUT2D eigenvalue weighted by Crippen LogP contribution is 2.18. The maximum absolute atomic E-state index is 12.5. The molecule has 150 valence electrons. The monoisotopic (exact) mass is 392 g/mol. The van der Waals surface area contributed by atoms with Crippen LogP contribution in [-0.2, 0) is 24.2 Å². The minimum absolute atomic E-state index is 0.0176. The first-order chi connectivity index (χ1) is 14.0. The van der Waals surface area contributed by atoms with Crippen LogP contribution in [0.25, 0.3) is 0 Å². The van der Waals surface area contributed by atoms with E-state index in [1.165, 1.54) is 10.2 Å². The van der Waals surface area contributed by atoms with Gasteiger partial charge in [-0.15, -0.1) is 5.10 Å². The third kappa shape index (κ3) is 4.78. The van der Waals surface area contributed by atoms with Crippen LogP contribution in [0.5, 0.6) is 0 Å². The van der Waals surface area contributed by atoms with Crippen molar-refractivity contribution in [1.29, 1.82) is 0 Å². The molecule has 0 saturated carbocycles. The van der Waals surface area contributed by atoms with Gasteiger partial charge in [-0.2, -0.15) is 0 Å². The minimum Gasteiger partial charge on any atom is -0.382 e. The zero-order valence-electron chi connectivity index (χ0n) is 16.5. The Morgan fingerprint density at radius 1 is 1.00 bits per heavy atom. The summed E-state index contributed by atoms with van der Waals surface area (Å²) in [6.45, 7) is 3.92. The minimum atomic E-state index is -0.467. The number of nitrogens with two attached hydrogens (primary N) is 1. The Morgan fingerprint density at radius 2 is 1.72 bits per heavy atom. The SMILES string of the molecule is CCc1ccc(NC(=O)Cn2nnc(C(=O)Nc3ccccc3CC)c2N)cc1. The van der Waals surface area contributed by atoms with Gasteiger partial charge in [0.25, 0.3) is 5.91 Å². The first-order valence-corrected chi connectivity index (χ1v) is 9.48. The Hall–Kier alpha value is -3.68. The zero-order chi connectivity index (χ0) is 20.8. The number of para-hydroxylation sites is 1. The molecule has 1 aromatic heterocycles. The molecule has 8 nitrogen and oxygen atoms in total. The molecule has 3 aromatic rings. The number of carbonyl (C=O) groups is 2. The number of hydrogen-bond acceptors (Lipinski definition) is 5. The predicted octanol–water partition coefficient (Wildman–Crippen LogP) is 2.88. The summed E-state index contributed by atoms with van der Waals surface area (Å²) in [5.41, 5.74) is 9.55. The Kier molecular flexibility index (Phi) is 6.23. The quantitative estimate of drug-likeness (QED) is 0.572. The molecule has 2 aromatic carbocycles. The summed E-state index contributed by atoms with van der Waals surface area (Å²) < 4.78 is 1.20. The van der Waals surface area contributed by atoms with Gasteiger partial charge in [0.05, 0.1) is 0 Å². The molecule has 0 atom stereocenters. The maximum atomic E-state index is 12.5. The Labute approximate surface area is 169 Å². The fraction of sp³-hybridized carbons (Fsp3) is 0.238. The second kappa shape index (κ2) is 9.01. The van der Waals surface area contributed by atoms with Crippen LogP contribution < -0.4 is 16.4 Å². The number of amides is 2. The maximum Gasteiger partial charge on any atom is 0.280 e. The second-order valence-electron chi connectivity index (χ2n) is 6.54. The number of rotatable bonds is 7. The molecule has 1 heterocycles. The fourth-order valence-corrected chi connectivity index (χ4v) is 2.89.